The fourth-order valence-corrected chi connectivity index (χ4v) is 5.48. The minimum absolute atomic E-state index is 0.140. The van der Waals surface area contributed by atoms with Gasteiger partial charge in [0.1, 0.15) is 5.60 Å². The molecule has 1 aromatic carbocycles. The summed E-state index contributed by atoms with van der Waals surface area (Å²) in [5.74, 6) is 0.140. The number of para-hydroxylation sites is 1. The molecule has 1 aromatic rings. The van der Waals surface area contributed by atoms with E-state index in [1.165, 1.54) is 17.5 Å². The van der Waals surface area contributed by atoms with Gasteiger partial charge in [-0.25, -0.2) is 4.79 Å². The molecule has 6 nitrogen and oxygen atoms in total. The number of anilines is 1. The number of hydrogen-bond donors (Lipinski definition) is 0. The number of hydrogen-bond acceptors (Lipinski definition) is 4. The quantitative estimate of drug-likeness (QED) is 0.710. The molecule has 3 aliphatic heterocycles. The molecule has 0 atom stereocenters. The van der Waals surface area contributed by atoms with Crippen LogP contribution in [0.25, 0.3) is 0 Å². The molecular weight excluding hydrogens is 390 g/mol. The summed E-state index contributed by atoms with van der Waals surface area (Å²) in [6.07, 6.45) is 5.16. The van der Waals surface area contributed by atoms with Crippen molar-refractivity contribution in [3.8, 4) is 0 Å². The molecule has 31 heavy (non-hydrogen) atoms. The first-order valence-electron chi connectivity index (χ1n) is 11.8. The largest absolute Gasteiger partial charge is 0.444 e. The van der Waals surface area contributed by atoms with Crippen LogP contribution in [0.3, 0.4) is 0 Å². The van der Waals surface area contributed by atoms with E-state index in [9.17, 15) is 9.59 Å². The van der Waals surface area contributed by atoms with Gasteiger partial charge in [-0.05, 0) is 76.0 Å². The van der Waals surface area contributed by atoms with E-state index >= 15 is 0 Å². The van der Waals surface area contributed by atoms with Gasteiger partial charge in [-0.3, -0.25) is 9.69 Å². The Labute approximate surface area is 186 Å². The second kappa shape index (κ2) is 8.45. The van der Waals surface area contributed by atoms with E-state index < -0.39 is 5.60 Å². The lowest BCUT2D eigenvalue weighted by molar-refractivity contribution is -0.116. The predicted octanol–water partition coefficient (Wildman–Crippen LogP) is 4.21. The topological polar surface area (TPSA) is 53.1 Å². The van der Waals surface area contributed by atoms with Crippen LogP contribution in [0.2, 0.25) is 0 Å². The Morgan fingerprint density at radius 3 is 2.45 bits per heavy atom. The fraction of sp³-hybridized carbons (Fsp3) is 0.680. The van der Waals surface area contributed by atoms with Crippen LogP contribution >= 0.6 is 0 Å². The smallest absolute Gasteiger partial charge is 0.410 e. The maximum absolute atomic E-state index is 12.4. The fourth-order valence-electron chi connectivity index (χ4n) is 5.48. The zero-order valence-corrected chi connectivity index (χ0v) is 19.6. The molecular formula is C25H37N3O3. The third kappa shape index (κ3) is 4.89. The Morgan fingerprint density at radius 2 is 1.77 bits per heavy atom. The zero-order chi connectivity index (χ0) is 22.2. The summed E-state index contributed by atoms with van der Waals surface area (Å²) in [7, 11) is 0. The molecule has 2 fully saturated rings. The summed E-state index contributed by atoms with van der Waals surface area (Å²) in [5.41, 5.74) is 3.59. The summed E-state index contributed by atoms with van der Waals surface area (Å²) in [5, 5.41) is 0. The van der Waals surface area contributed by atoms with Crippen LogP contribution in [-0.2, 0) is 22.5 Å². The molecule has 3 heterocycles. The number of amides is 2. The van der Waals surface area contributed by atoms with Crippen LogP contribution < -0.4 is 4.90 Å². The van der Waals surface area contributed by atoms with Crippen molar-refractivity contribution >= 4 is 17.7 Å². The molecule has 0 bridgehead atoms. The van der Waals surface area contributed by atoms with Crippen molar-refractivity contribution in [2.45, 2.75) is 71.9 Å². The normalized spacial score (nSPS) is 21.3. The van der Waals surface area contributed by atoms with Gasteiger partial charge in [0.25, 0.3) is 0 Å². The average Bonchev–Trinajstić information content (AvgIpc) is 3.08. The molecule has 6 heteroatoms. The molecule has 0 unspecified atom stereocenters. The first-order valence-corrected chi connectivity index (χ1v) is 11.8. The van der Waals surface area contributed by atoms with E-state index in [-0.39, 0.29) is 12.0 Å². The molecule has 0 N–H and O–H groups in total. The van der Waals surface area contributed by atoms with Crippen LogP contribution in [0, 0.1) is 5.41 Å². The highest BCUT2D eigenvalue weighted by atomic mass is 16.6. The summed E-state index contributed by atoms with van der Waals surface area (Å²) in [6.45, 7) is 12.9. The number of aryl methyl sites for hydroxylation is 1. The Hall–Kier alpha value is -2.08. The third-order valence-corrected chi connectivity index (χ3v) is 7.07. The predicted molar refractivity (Wildman–Crippen MR) is 122 cm³/mol. The summed E-state index contributed by atoms with van der Waals surface area (Å²) < 4.78 is 5.55. The Morgan fingerprint density at radius 1 is 1.06 bits per heavy atom. The standard InChI is InChI=1S/C25H37N3O3/c1-19(29)28-13-6-9-20-7-5-8-21(22(20)28)17-26-14-10-25(18-26)11-15-27(16-12-25)23(30)31-24(2,3)4/h5,7-8H,6,9-18H2,1-4H3. The number of piperidine rings is 1. The number of fused-ring (bicyclic) bond motifs is 1. The van der Waals surface area contributed by atoms with E-state index in [4.69, 9.17) is 4.74 Å². The summed E-state index contributed by atoms with van der Waals surface area (Å²) >= 11 is 0. The lowest BCUT2D eigenvalue weighted by atomic mass is 9.78. The van der Waals surface area contributed by atoms with Crippen molar-refractivity contribution in [1.82, 2.24) is 9.80 Å². The van der Waals surface area contributed by atoms with Crippen LogP contribution in [0.1, 0.15) is 64.5 Å². The highest BCUT2D eigenvalue weighted by Crippen LogP contribution is 2.42. The lowest BCUT2D eigenvalue weighted by Crippen LogP contribution is -2.46. The van der Waals surface area contributed by atoms with Gasteiger partial charge in [0.05, 0.1) is 5.69 Å². The van der Waals surface area contributed by atoms with Crippen molar-refractivity contribution in [3.05, 3.63) is 29.3 Å². The molecule has 2 saturated heterocycles. The molecule has 3 aliphatic rings. The zero-order valence-electron chi connectivity index (χ0n) is 19.6. The monoisotopic (exact) mass is 427 g/mol. The molecule has 170 valence electrons. The number of carbonyl (C=O) groups excluding carboxylic acids is 2. The minimum atomic E-state index is -0.445. The maximum atomic E-state index is 12.4. The van der Waals surface area contributed by atoms with E-state index in [1.54, 1.807) is 6.92 Å². The van der Waals surface area contributed by atoms with E-state index in [0.29, 0.717) is 5.41 Å². The van der Waals surface area contributed by atoms with E-state index in [0.717, 1.165) is 70.6 Å². The van der Waals surface area contributed by atoms with Gasteiger partial charge in [0.15, 0.2) is 0 Å². The minimum Gasteiger partial charge on any atom is -0.444 e. The van der Waals surface area contributed by atoms with Crippen molar-refractivity contribution in [2.75, 3.05) is 37.6 Å². The van der Waals surface area contributed by atoms with Gasteiger partial charge in [-0.15, -0.1) is 0 Å². The molecule has 0 saturated carbocycles. The molecule has 2 amide bonds. The second-order valence-corrected chi connectivity index (χ2v) is 10.6. The number of ether oxygens (including phenoxy) is 1. The summed E-state index contributed by atoms with van der Waals surface area (Å²) in [6, 6.07) is 6.50. The molecule has 1 spiro atoms. The molecule has 4 rings (SSSR count). The average molecular weight is 428 g/mol. The van der Waals surface area contributed by atoms with Gasteiger partial charge < -0.3 is 14.5 Å². The molecule has 0 radical (unpaired) electrons. The third-order valence-electron chi connectivity index (χ3n) is 7.07. The van der Waals surface area contributed by atoms with Gasteiger partial charge >= 0.3 is 6.09 Å². The van der Waals surface area contributed by atoms with Crippen LogP contribution in [0.15, 0.2) is 18.2 Å². The van der Waals surface area contributed by atoms with Crippen LogP contribution in [0.5, 0.6) is 0 Å². The van der Waals surface area contributed by atoms with Crippen molar-refractivity contribution in [3.63, 3.8) is 0 Å². The van der Waals surface area contributed by atoms with Crippen molar-refractivity contribution in [2.24, 2.45) is 5.41 Å². The molecule has 0 aliphatic carbocycles. The summed E-state index contributed by atoms with van der Waals surface area (Å²) in [4.78, 5) is 31.0. The first kappa shape index (κ1) is 22.1. The number of likely N-dealkylation sites (tertiary alicyclic amines) is 2. The SMILES string of the molecule is CC(=O)N1CCCc2cccc(CN3CCC4(CCN(C(=O)OC(C)(C)C)CC4)C3)c21. The number of nitrogens with zero attached hydrogens (tertiary/aromatic N) is 3. The second-order valence-electron chi connectivity index (χ2n) is 10.6. The Kier molecular flexibility index (Phi) is 6.03. The van der Waals surface area contributed by atoms with E-state index in [2.05, 4.69) is 23.1 Å². The number of benzene rings is 1. The van der Waals surface area contributed by atoms with Gasteiger partial charge in [-0.2, -0.15) is 0 Å². The Balaban J connectivity index is 1.39. The van der Waals surface area contributed by atoms with Crippen molar-refractivity contribution in [1.29, 1.82) is 0 Å². The van der Waals surface area contributed by atoms with Crippen LogP contribution in [0.4, 0.5) is 10.5 Å². The van der Waals surface area contributed by atoms with Crippen molar-refractivity contribution < 1.29 is 14.3 Å². The molecule has 0 aromatic heterocycles. The Bertz CT molecular complexity index is 837. The van der Waals surface area contributed by atoms with Gasteiger partial charge in [0, 0.05) is 39.6 Å². The van der Waals surface area contributed by atoms with Gasteiger partial charge in [-0.1, -0.05) is 18.2 Å². The van der Waals surface area contributed by atoms with Gasteiger partial charge in [0.2, 0.25) is 5.91 Å². The van der Waals surface area contributed by atoms with Crippen LogP contribution in [-0.4, -0.2) is 60.1 Å². The lowest BCUT2D eigenvalue weighted by Gasteiger charge is -2.39. The number of carbonyl (C=O) groups is 2. The van der Waals surface area contributed by atoms with E-state index in [1.807, 2.05) is 30.6 Å². The maximum Gasteiger partial charge on any atom is 0.410 e. The highest BCUT2D eigenvalue weighted by Gasteiger charge is 2.42. The first-order chi connectivity index (χ1) is 14.7. The number of rotatable bonds is 2. The highest BCUT2D eigenvalue weighted by molar-refractivity contribution is 5.93.